The molecule has 0 saturated heterocycles. The Kier molecular flexibility index (Phi) is 4.83. The van der Waals surface area contributed by atoms with Crippen molar-refractivity contribution < 1.29 is 4.79 Å². The van der Waals surface area contributed by atoms with Crippen molar-refractivity contribution in [3.63, 3.8) is 0 Å². The van der Waals surface area contributed by atoms with Gasteiger partial charge in [-0.1, -0.05) is 15.9 Å². The molecule has 5 heteroatoms. The minimum Gasteiger partial charge on any atom is -0.326 e. The molecule has 0 aliphatic heterocycles. The predicted molar refractivity (Wildman–Crippen MR) is 88.5 cm³/mol. The van der Waals surface area contributed by atoms with Gasteiger partial charge in [0.05, 0.1) is 11.7 Å². The van der Waals surface area contributed by atoms with Crippen LogP contribution in [0.15, 0.2) is 28.7 Å². The van der Waals surface area contributed by atoms with E-state index in [0.29, 0.717) is 6.42 Å². The van der Waals surface area contributed by atoms with Gasteiger partial charge in [-0.2, -0.15) is 5.10 Å². The Morgan fingerprint density at radius 2 is 2.05 bits per heavy atom. The summed E-state index contributed by atoms with van der Waals surface area (Å²) in [5.74, 6) is -0.00299. The number of rotatable bonds is 4. The number of halogens is 1. The largest absolute Gasteiger partial charge is 0.326 e. The number of hydrogen-bond acceptors (Lipinski definition) is 2. The van der Waals surface area contributed by atoms with Gasteiger partial charge in [0.1, 0.15) is 0 Å². The van der Waals surface area contributed by atoms with Crippen molar-refractivity contribution in [1.29, 1.82) is 0 Å². The molecule has 0 aliphatic rings. The third-order valence-corrected chi connectivity index (χ3v) is 4.27. The number of nitrogens with zero attached hydrogens (tertiary/aromatic N) is 2. The van der Waals surface area contributed by atoms with E-state index in [1.54, 1.807) is 0 Å². The van der Waals surface area contributed by atoms with Crippen LogP contribution in [0.5, 0.6) is 0 Å². The molecule has 1 amide bonds. The zero-order valence-corrected chi connectivity index (χ0v) is 14.4. The maximum Gasteiger partial charge on any atom is 0.226 e. The first-order valence-electron chi connectivity index (χ1n) is 6.95. The van der Waals surface area contributed by atoms with Gasteiger partial charge >= 0.3 is 0 Å². The molecule has 112 valence electrons. The summed E-state index contributed by atoms with van der Waals surface area (Å²) in [7, 11) is 0. The second-order valence-corrected chi connectivity index (χ2v) is 6.29. The van der Waals surface area contributed by atoms with Crippen LogP contribution >= 0.6 is 15.9 Å². The van der Waals surface area contributed by atoms with Crippen molar-refractivity contribution in [1.82, 2.24) is 9.78 Å². The molecular weight excluding hydrogens is 330 g/mol. The van der Waals surface area contributed by atoms with Crippen LogP contribution in [0.4, 0.5) is 5.69 Å². The van der Waals surface area contributed by atoms with Crippen LogP contribution in [0.25, 0.3) is 0 Å². The number of aryl methyl sites for hydroxylation is 3. The first-order valence-corrected chi connectivity index (χ1v) is 7.75. The van der Waals surface area contributed by atoms with E-state index in [1.165, 1.54) is 0 Å². The highest BCUT2D eigenvalue weighted by atomic mass is 79.9. The minimum absolute atomic E-state index is 0.00299. The van der Waals surface area contributed by atoms with Gasteiger partial charge in [0.2, 0.25) is 5.91 Å². The topological polar surface area (TPSA) is 46.9 Å². The first kappa shape index (κ1) is 15.8. The van der Waals surface area contributed by atoms with Crippen LogP contribution in [0.1, 0.15) is 36.3 Å². The van der Waals surface area contributed by atoms with E-state index in [-0.39, 0.29) is 11.9 Å². The summed E-state index contributed by atoms with van der Waals surface area (Å²) in [5, 5.41) is 7.36. The van der Waals surface area contributed by atoms with Crippen molar-refractivity contribution in [3.05, 3.63) is 45.7 Å². The molecule has 0 unspecified atom stereocenters. The molecule has 4 nitrogen and oxygen atoms in total. The molecule has 0 saturated carbocycles. The molecule has 0 aliphatic carbocycles. The van der Waals surface area contributed by atoms with E-state index in [9.17, 15) is 4.79 Å². The molecule has 1 N–H and O–H groups in total. The number of carbonyl (C=O) groups is 1. The van der Waals surface area contributed by atoms with E-state index < -0.39 is 0 Å². The number of hydrogen-bond donors (Lipinski definition) is 1. The molecule has 1 aromatic heterocycles. The Morgan fingerprint density at radius 3 is 2.62 bits per heavy atom. The van der Waals surface area contributed by atoms with Gasteiger partial charge in [0, 0.05) is 22.3 Å². The van der Waals surface area contributed by atoms with Crippen LogP contribution in [-0.2, 0) is 4.79 Å². The molecule has 0 fully saturated rings. The van der Waals surface area contributed by atoms with Crippen LogP contribution in [-0.4, -0.2) is 15.7 Å². The Hall–Kier alpha value is -1.62. The third-order valence-electron chi connectivity index (χ3n) is 3.38. The molecule has 21 heavy (non-hydrogen) atoms. The maximum atomic E-state index is 12.1. The number of aromatic nitrogens is 2. The van der Waals surface area contributed by atoms with Crippen molar-refractivity contribution in [2.75, 3.05) is 5.32 Å². The monoisotopic (exact) mass is 349 g/mol. The lowest BCUT2D eigenvalue weighted by molar-refractivity contribution is -0.116. The SMILES string of the molecule is Cc1cc(C)n([C@H](C)CC(=O)Nc2ccc(Br)c(C)c2)n1. The smallest absolute Gasteiger partial charge is 0.226 e. The lowest BCUT2D eigenvalue weighted by atomic mass is 10.2. The van der Waals surface area contributed by atoms with Gasteiger partial charge in [-0.3, -0.25) is 9.48 Å². The first-order chi connectivity index (χ1) is 9.86. The van der Waals surface area contributed by atoms with E-state index in [2.05, 4.69) is 26.3 Å². The molecule has 2 aromatic rings. The van der Waals surface area contributed by atoms with Gasteiger partial charge in [0.25, 0.3) is 0 Å². The summed E-state index contributed by atoms with van der Waals surface area (Å²) in [5.41, 5.74) is 3.97. The number of benzene rings is 1. The third kappa shape index (κ3) is 3.94. The summed E-state index contributed by atoms with van der Waals surface area (Å²) < 4.78 is 2.94. The van der Waals surface area contributed by atoms with Crippen LogP contribution in [0, 0.1) is 20.8 Å². The van der Waals surface area contributed by atoms with Gasteiger partial charge in [-0.25, -0.2) is 0 Å². The highest BCUT2D eigenvalue weighted by molar-refractivity contribution is 9.10. The average molecular weight is 350 g/mol. The lowest BCUT2D eigenvalue weighted by Gasteiger charge is -2.14. The highest BCUT2D eigenvalue weighted by Gasteiger charge is 2.14. The predicted octanol–water partition coefficient (Wildman–Crippen LogP) is 4.16. The number of carbonyl (C=O) groups excluding carboxylic acids is 1. The highest BCUT2D eigenvalue weighted by Crippen LogP contribution is 2.21. The zero-order valence-electron chi connectivity index (χ0n) is 12.8. The second-order valence-electron chi connectivity index (χ2n) is 5.44. The molecule has 1 aromatic carbocycles. The summed E-state index contributed by atoms with van der Waals surface area (Å²) in [4.78, 5) is 12.1. The van der Waals surface area contributed by atoms with E-state index in [1.807, 2.05) is 56.6 Å². The van der Waals surface area contributed by atoms with E-state index in [4.69, 9.17) is 0 Å². The Morgan fingerprint density at radius 1 is 1.33 bits per heavy atom. The fourth-order valence-electron chi connectivity index (χ4n) is 2.38. The quantitative estimate of drug-likeness (QED) is 0.900. The van der Waals surface area contributed by atoms with Crippen LogP contribution in [0.2, 0.25) is 0 Å². The van der Waals surface area contributed by atoms with Crippen LogP contribution in [0.3, 0.4) is 0 Å². The Bertz CT molecular complexity index is 664. The van der Waals surface area contributed by atoms with Crippen molar-refractivity contribution in [2.24, 2.45) is 0 Å². The second kappa shape index (κ2) is 6.43. The number of amides is 1. The van der Waals surface area contributed by atoms with E-state index in [0.717, 1.165) is 27.1 Å². The van der Waals surface area contributed by atoms with Gasteiger partial charge in [-0.05, 0) is 57.5 Å². The van der Waals surface area contributed by atoms with Gasteiger partial charge in [0.15, 0.2) is 0 Å². The number of nitrogens with one attached hydrogen (secondary N) is 1. The Labute approximate surface area is 133 Å². The summed E-state index contributed by atoms with van der Waals surface area (Å²) >= 11 is 3.45. The fraction of sp³-hybridized carbons (Fsp3) is 0.375. The zero-order chi connectivity index (χ0) is 15.6. The van der Waals surface area contributed by atoms with Gasteiger partial charge in [-0.15, -0.1) is 0 Å². The van der Waals surface area contributed by atoms with Gasteiger partial charge < -0.3 is 5.32 Å². The molecular formula is C16H20BrN3O. The summed E-state index contributed by atoms with van der Waals surface area (Å²) in [6, 6.07) is 7.84. The average Bonchev–Trinajstić information content (AvgIpc) is 2.73. The fourth-order valence-corrected chi connectivity index (χ4v) is 2.63. The molecule has 0 radical (unpaired) electrons. The number of anilines is 1. The maximum absolute atomic E-state index is 12.1. The van der Waals surface area contributed by atoms with Crippen molar-refractivity contribution >= 4 is 27.5 Å². The molecule has 2 rings (SSSR count). The lowest BCUT2D eigenvalue weighted by Crippen LogP contribution is -2.19. The molecule has 1 heterocycles. The molecule has 0 spiro atoms. The Balaban J connectivity index is 2.01. The normalized spacial score (nSPS) is 12.2. The summed E-state index contributed by atoms with van der Waals surface area (Å²) in [6.45, 7) is 7.97. The standard InChI is InChI=1S/C16H20BrN3O/c1-10-7-14(5-6-15(10)17)18-16(21)9-13(4)20-12(3)8-11(2)19-20/h5-8,13H,9H2,1-4H3,(H,18,21)/t13-/m1/s1. The summed E-state index contributed by atoms with van der Waals surface area (Å²) in [6.07, 6.45) is 0.400. The minimum atomic E-state index is -0.00299. The van der Waals surface area contributed by atoms with Crippen molar-refractivity contribution in [3.8, 4) is 0 Å². The van der Waals surface area contributed by atoms with Crippen LogP contribution < -0.4 is 5.32 Å². The van der Waals surface area contributed by atoms with Crippen molar-refractivity contribution in [2.45, 2.75) is 40.2 Å². The molecule has 0 bridgehead atoms. The van der Waals surface area contributed by atoms with E-state index >= 15 is 0 Å². The molecule has 1 atom stereocenters.